The van der Waals surface area contributed by atoms with Crippen LogP contribution in [-0.2, 0) is 9.59 Å². The van der Waals surface area contributed by atoms with E-state index in [9.17, 15) is 9.59 Å². The Balaban J connectivity index is 2.36. The highest BCUT2D eigenvalue weighted by molar-refractivity contribution is 5.98. The van der Waals surface area contributed by atoms with Crippen LogP contribution < -0.4 is 11.1 Å². The molecule has 0 aromatic rings. The highest BCUT2D eigenvalue weighted by Crippen LogP contribution is 2.11. The SMILES string of the molecule is CC(=O)NC1CCN(C(=O)CC(N)=NO)CC1. The molecular weight excluding hydrogens is 224 g/mol. The van der Waals surface area contributed by atoms with Crippen molar-refractivity contribution in [3.63, 3.8) is 0 Å². The second-order valence-corrected chi connectivity index (χ2v) is 4.12. The molecule has 0 aromatic heterocycles. The van der Waals surface area contributed by atoms with E-state index in [-0.39, 0.29) is 30.1 Å². The molecule has 7 heteroatoms. The fraction of sp³-hybridized carbons (Fsp3) is 0.700. The molecule has 96 valence electrons. The lowest BCUT2D eigenvalue weighted by atomic mass is 10.0. The second-order valence-electron chi connectivity index (χ2n) is 4.12. The van der Waals surface area contributed by atoms with Crippen molar-refractivity contribution in [3.8, 4) is 0 Å². The van der Waals surface area contributed by atoms with E-state index in [4.69, 9.17) is 10.9 Å². The van der Waals surface area contributed by atoms with Gasteiger partial charge in [-0.25, -0.2) is 0 Å². The number of hydrogen-bond acceptors (Lipinski definition) is 4. The predicted octanol–water partition coefficient (Wildman–Crippen LogP) is -0.750. The third-order valence-electron chi connectivity index (χ3n) is 2.72. The van der Waals surface area contributed by atoms with Gasteiger partial charge in [-0.3, -0.25) is 9.59 Å². The highest BCUT2D eigenvalue weighted by Gasteiger charge is 2.23. The molecule has 1 aliphatic heterocycles. The van der Waals surface area contributed by atoms with Crippen molar-refractivity contribution in [2.24, 2.45) is 10.9 Å². The minimum absolute atomic E-state index is 0.0496. The Bertz CT molecular complexity index is 322. The van der Waals surface area contributed by atoms with Crippen LogP contribution in [0.5, 0.6) is 0 Å². The molecular formula is C10H18N4O3. The van der Waals surface area contributed by atoms with Gasteiger partial charge in [-0.15, -0.1) is 0 Å². The van der Waals surface area contributed by atoms with Crippen molar-refractivity contribution >= 4 is 17.6 Å². The largest absolute Gasteiger partial charge is 0.409 e. The first-order valence-corrected chi connectivity index (χ1v) is 5.54. The average molecular weight is 242 g/mol. The van der Waals surface area contributed by atoms with Crippen molar-refractivity contribution in [1.29, 1.82) is 0 Å². The molecule has 1 aliphatic rings. The lowest BCUT2D eigenvalue weighted by molar-refractivity contribution is -0.131. The number of hydrogen-bond donors (Lipinski definition) is 3. The van der Waals surface area contributed by atoms with Gasteiger partial charge in [-0.2, -0.15) is 0 Å². The van der Waals surface area contributed by atoms with E-state index in [1.165, 1.54) is 6.92 Å². The number of carbonyl (C=O) groups is 2. The molecule has 0 radical (unpaired) electrons. The van der Waals surface area contributed by atoms with E-state index in [2.05, 4.69) is 10.5 Å². The molecule has 1 saturated heterocycles. The molecule has 0 atom stereocenters. The summed E-state index contributed by atoms with van der Waals surface area (Å²) in [5.74, 6) is -0.285. The second kappa shape index (κ2) is 6.07. The molecule has 1 fully saturated rings. The van der Waals surface area contributed by atoms with E-state index < -0.39 is 0 Å². The maximum absolute atomic E-state index is 11.7. The summed E-state index contributed by atoms with van der Waals surface area (Å²) in [6.45, 7) is 2.65. The van der Waals surface area contributed by atoms with Gasteiger partial charge in [0.05, 0.1) is 6.42 Å². The van der Waals surface area contributed by atoms with Gasteiger partial charge in [-0.05, 0) is 12.8 Å². The summed E-state index contributed by atoms with van der Waals surface area (Å²) < 4.78 is 0. The Kier molecular flexibility index (Phi) is 4.74. The zero-order valence-electron chi connectivity index (χ0n) is 9.85. The van der Waals surface area contributed by atoms with Crippen LogP contribution in [0.3, 0.4) is 0 Å². The molecule has 0 aliphatic carbocycles. The van der Waals surface area contributed by atoms with Gasteiger partial charge in [0, 0.05) is 26.1 Å². The number of carbonyl (C=O) groups excluding carboxylic acids is 2. The average Bonchev–Trinajstić information content (AvgIpc) is 2.28. The van der Waals surface area contributed by atoms with Gasteiger partial charge in [0.2, 0.25) is 11.8 Å². The number of likely N-dealkylation sites (tertiary alicyclic amines) is 1. The smallest absolute Gasteiger partial charge is 0.230 e. The van der Waals surface area contributed by atoms with Crippen molar-refractivity contribution in [2.45, 2.75) is 32.2 Å². The topological polar surface area (TPSA) is 108 Å². The zero-order valence-corrected chi connectivity index (χ0v) is 9.85. The van der Waals surface area contributed by atoms with Crippen LogP contribution in [0.4, 0.5) is 0 Å². The van der Waals surface area contributed by atoms with Crippen molar-refractivity contribution in [3.05, 3.63) is 0 Å². The van der Waals surface area contributed by atoms with E-state index in [1.54, 1.807) is 4.90 Å². The third-order valence-corrected chi connectivity index (χ3v) is 2.72. The standard InChI is InChI=1S/C10H18N4O3/c1-7(15)12-8-2-4-14(5-3-8)10(16)6-9(11)13-17/h8,17H,2-6H2,1H3,(H2,11,13)(H,12,15). The van der Waals surface area contributed by atoms with Crippen molar-refractivity contribution in [1.82, 2.24) is 10.2 Å². The first-order valence-electron chi connectivity index (χ1n) is 5.54. The molecule has 0 saturated carbocycles. The highest BCUT2D eigenvalue weighted by atomic mass is 16.4. The van der Waals surface area contributed by atoms with Crippen LogP contribution in [0.2, 0.25) is 0 Å². The molecule has 1 heterocycles. The number of nitrogens with two attached hydrogens (primary N) is 1. The molecule has 17 heavy (non-hydrogen) atoms. The summed E-state index contributed by atoms with van der Waals surface area (Å²) in [5.41, 5.74) is 5.27. The molecule has 0 bridgehead atoms. The van der Waals surface area contributed by atoms with Crippen LogP contribution in [0.1, 0.15) is 26.2 Å². The fourth-order valence-electron chi connectivity index (χ4n) is 1.86. The van der Waals surface area contributed by atoms with E-state index in [1.807, 2.05) is 0 Å². The maximum Gasteiger partial charge on any atom is 0.230 e. The number of piperidine rings is 1. The minimum atomic E-state index is -0.151. The summed E-state index contributed by atoms with van der Waals surface area (Å²) in [7, 11) is 0. The van der Waals surface area contributed by atoms with Crippen LogP contribution in [-0.4, -0.2) is 46.9 Å². The minimum Gasteiger partial charge on any atom is -0.409 e. The van der Waals surface area contributed by atoms with Gasteiger partial charge in [0.25, 0.3) is 0 Å². The van der Waals surface area contributed by atoms with Crippen LogP contribution in [0.25, 0.3) is 0 Å². The Morgan fingerprint density at radius 3 is 2.53 bits per heavy atom. The van der Waals surface area contributed by atoms with Gasteiger partial charge in [0.1, 0.15) is 5.84 Å². The van der Waals surface area contributed by atoms with Crippen LogP contribution in [0, 0.1) is 0 Å². The monoisotopic (exact) mass is 242 g/mol. The third kappa shape index (κ3) is 4.29. The number of amidine groups is 1. The van der Waals surface area contributed by atoms with Gasteiger partial charge in [-0.1, -0.05) is 5.16 Å². The normalized spacial score (nSPS) is 17.9. The quantitative estimate of drug-likeness (QED) is 0.262. The van der Waals surface area contributed by atoms with E-state index >= 15 is 0 Å². The fourth-order valence-corrected chi connectivity index (χ4v) is 1.86. The molecule has 4 N–H and O–H groups in total. The van der Waals surface area contributed by atoms with Gasteiger partial charge < -0.3 is 21.2 Å². The molecule has 0 unspecified atom stereocenters. The molecule has 0 aromatic carbocycles. The Labute approximate surface area is 99.6 Å². The number of rotatable bonds is 3. The first kappa shape index (κ1) is 13.3. The Hall–Kier alpha value is -1.79. The predicted molar refractivity (Wildman–Crippen MR) is 61.4 cm³/mol. The summed E-state index contributed by atoms with van der Waals surface area (Å²) in [6.07, 6.45) is 1.41. The number of amides is 2. The molecule has 0 spiro atoms. The van der Waals surface area contributed by atoms with E-state index in [0.717, 1.165) is 12.8 Å². The molecule has 7 nitrogen and oxygen atoms in total. The zero-order chi connectivity index (χ0) is 12.8. The molecule has 2 amide bonds. The Morgan fingerprint density at radius 1 is 1.47 bits per heavy atom. The number of nitrogens with zero attached hydrogens (tertiary/aromatic N) is 2. The summed E-state index contributed by atoms with van der Waals surface area (Å²) in [4.78, 5) is 24.2. The van der Waals surface area contributed by atoms with Crippen molar-refractivity contribution in [2.75, 3.05) is 13.1 Å². The first-order chi connectivity index (χ1) is 8.02. The lowest BCUT2D eigenvalue weighted by Gasteiger charge is -2.32. The number of oxime groups is 1. The van der Waals surface area contributed by atoms with Crippen LogP contribution in [0.15, 0.2) is 5.16 Å². The summed E-state index contributed by atoms with van der Waals surface area (Å²) in [6, 6.07) is 0.139. The van der Waals surface area contributed by atoms with Crippen LogP contribution >= 0.6 is 0 Å². The van der Waals surface area contributed by atoms with Gasteiger partial charge >= 0.3 is 0 Å². The molecule has 1 rings (SSSR count). The lowest BCUT2D eigenvalue weighted by Crippen LogP contribution is -2.46. The van der Waals surface area contributed by atoms with E-state index in [0.29, 0.717) is 13.1 Å². The Morgan fingerprint density at radius 2 is 2.06 bits per heavy atom. The van der Waals surface area contributed by atoms with Gasteiger partial charge in [0.15, 0.2) is 0 Å². The summed E-state index contributed by atoms with van der Waals surface area (Å²) >= 11 is 0. The summed E-state index contributed by atoms with van der Waals surface area (Å²) in [5, 5.41) is 14.0. The van der Waals surface area contributed by atoms with Crippen molar-refractivity contribution < 1.29 is 14.8 Å². The number of nitrogens with one attached hydrogen (secondary N) is 1. The maximum atomic E-state index is 11.7.